The molecule has 1 saturated carbocycles. The minimum absolute atomic E-state index is 0.102. The molecule has 0 saturated heterocycles. The molecule has 1 fully saturated rings. The van der Waals surface area contributed by atoms with Crippen LogP contribution in [0.2, 0.25) is 0 Å². The van der Waals surface area contributed by atoms with Gasteiger partial charge in [0.15, 0.2) is 0 Å². The highest BCUT2D eigenvalue weighted by molar-refractivity contribution is 5.09. The molecule has 1 heterocycles. The molecule has 4 nitrogen and oxygen atoms in total. The Kier molecular flexibility index (Phi) is 4.63. The van der Waals surface area contributed by atoms with Gasteiger partial charge in [-0.1, -0.05) is 6.92 Å². The molecule has 1 aliphatic rings. The van der Waals surface area contributed by atoms with Gasteiger partial charge < -0.3 is 14.6 Å². The number of ether oxygens (including phenoxy) is 1. The summed E-state index contributed by atoms with van der Waals surface area (Å²) in [7, 11) is 4.07. The van der Waals surface area contributed by atoms with Crippen LogP contribution in [0.5, 0.6) is 0 Å². The second-order valence-electron chi connectivity index (χ2n) is 5.80. The Morgan fingerprint density at radius 3 is 2.68 bits per heavy atom. The first-order valence-electron chi connectivity index (χ1n) is 7.41. The van der Waals surface area contributed by atoms with E-state index in [0.29, 0.717) is 0 Å². The van der Waals surface area contributed by atoms with Crippen molar-refractivity contribution in [2.24, 2.45) is 13.0 Å². The van der Waals surface area contributed by atoms with Crippen molar-refractivity contribution in [3.05, 3.63) is 18.2 Å². The second-order valence-corrected chi connectivity index (χ2v) is 5.80. The fraction of sp³-hybridized carbons (Fsp3) is 0.800. The van der Waals surface area contributed by atoms with Crippen LogP contribution >= 0.6 is 0 Å². The Bertz CT molecular complexity index is 394. The van der Waals surface area contributed by atoms with Crippen molar-refractivity contribution in [3.63, 3.8) is 0 Å². The Morgan fingerprint density at radius 1 is 1.53 bits per heavy atom. The van der Waals surface area contributed by atoms with Crippen LogP contribution in [-0.2, 0) is 11.8 Å². The maximum absolute atomic E-state index is 6.23. The van der Waals surface area contributed by atoms with E-state index in [4.69, 9.17) is 4.74 Å². The number of rotatable bonds is 5. The molecule has 19 heavy (non-hydrogen) atoms. The molecule has 1 aromatic rings. The molecule has 1 unspecified atom stereocenters. The zero-order chi connectivity index (χ0) is 13.9. The molecule has 4 heteroatoms. The van der Waals surface area contributed by atoms with E-state index in [2.05, 4.69) is 35.8 Å². The highest BCUT2D eigenvalue weighted by atomic mass is 16.5. The molecule has 1 atom stereocenters. The van der Waals surface area contributed by atoms with Gasteiger partial charge in [0.05, 0.1) is 11.6 Å². The van der Waals surface area contributed by atoms with Crippen LogP contribution in [0.3, 0.4) is 0 Å². The summed E-state index contributed by atoms with van der Waals surface area (Å²) in [6.07, 6.45) is 8.57. The van der Waals surface area contributed by atoms with Gasteiger partial charge in [-0.3, -0.25) is 0 Å². The van der Waals surface area contributed by atoms with Gasteiger partial charge in [-0.05, 0) is 45.6 Å². The topological polar surface area (TPSA) is 39.1 Å². The van der Waals surface area contributed by atoms with Crippen LogP contribution < -0.4 is 5.32 Å². The van der Waals surface area contributed by atoms with E-state index < -0.39 is 0 Å². The van der Waals surface area contributed by atoms with E-state index in [9.17, 15) is 0 Å². The monoisotopic (exact) mass is 265 g/mol. The van der Waals surface area contributed by atoms with Crippen LogP contribution in [0.15, 0.2) is 12.4 Å². The van der Waals surface area contributed by atoms with Crippen LogP contribution in [0.1, 0.15) is 51.4 Å². The van der Waals surface area contributed by atoms with Gasteiger partial charge >= 0.3 is 0 Å². The molecular formula is C15H27N3O. The quantitative estimate of drug-likeness (QED) is 0.889. The molecule has 0 spiro atoms. The van der Waals surface area contributed by atoms with Crippen LogP contribution in [0, 0.1) is 5.92 Å². The lowest BCUT2D eigenvalue weighted by Gasteiger charge is -2.44. The van der Waals surface area contributed by atoms with Crippen molar-refractivity contribution in [2.75, 3.05) is 13.7 Å². The molecule has 1 aromatic heterocycles. The maximum Gasteiger partial charge on any atom is 0.128 e. The third-order valence-electron chi connectivity index (χ3n) is 4.48. The second kappa shape index (κ2) is 6.06. The third-order valence-corrected chi connectivity index (χ3v) is 4.48. The van der Waals surface area contributed by atoms with Gasteiger partial charge in [-0.2, -0.15) is 0 Å². The minimum Gasteiger partial charge on any atom is -0.373 e. The summed E-state index contributed by atoms with van der Waals surface area (Å²) in [5.41, 5.74) is -0.102. The Balaban J connectivity index is 2.28. The van der Waals surface area contributed by atoms with Crippen molar-refractivity contribution in [1.82, 2.24) is 14.9 Å². The molecule has 0 aromatic carbocycles. The SMILES string of the molecule is CCOC1(C(NC)c2nccn2C)CCC(C)CC1. The van der Waals surface area contributed by atoms with E-state index in [0.717, 1.165) is 31.2 Å². The van der Waals surface area contributed by atoms with Crippen molar-refractivity contribution >= 4 is 0 Å². The number of hydrogen-bond acceptors (Lipinski definition) is 3. The Labute approximate surface area is 116 Å². The van der Waals surface area contributed by atoms with Gasteiger partial charge in [-0.15, -0.1) is 0 Å². The summed E-state index contributed by atoms with van der Waals surface area (Å²) >= 11 is 0. The number of imidazole rings is 1. The van der Waals surface area contributed by atoms with E-state index in [1.165, 1.54) is 12.8 Å². The lowest BCUT2D eigenvalue weighted by Crippen LogP contribution is -2.48. The first-order chi connectivity index (χ1) is 9.13. The van der Waals surface area contributed by atoms with Crippen LogP contribution in [-0.4, -0.2) is 28.8 Å². The summed E-state index contributed by atoms with van der Waals surface area (Å²) in [6, 6.07) is 0.167. The smallest absolute Gasteiger partial charge is 0.128 e. The van der Waals surface area contributed by atoms with Crippen LogP contribution in [0.25, 0.3) is 0 Å². The predicted molar refractivity (Wildman–Crippen MR) is 77.0 cm³/mol. The summed E-state index contributed by atoms with van der Waals surface area (Å²) in [4.78, 5) is 4.53. The average Bonchev–Trinajstić information content (AvgIpc) is 2.81. The Hall–Kier alpha value is -0.870. The fourth-order valence-corrected chi connectivity index (χ4v) is 3.34. The van der Waals surface area contributed by atoms with Gasteiger partial charge in [-0.25, -0.2) is 4.98 Å². The number of aryl methyl sites for hydroxylation is 1. The first-order valence-corrected chi connectivity index (χ1v) is 7.41. The molecule has 1 aliphatic carbocycles. The standard InChI is InChI=1S/C15H27N3O/c1-5-19-15(8-6-12(2)7-9-15)13(16-3)14-17-10-11-18(14)4/h10-13,16H,5-9H2,1-4H3. The number of hydrogen-bond donors (Lipinski definition) is 1. The van der Waals surface area contributed by atoms with Gasteiger partial charge in [0.1, 0.15) is 5.82 Å². The highest BCUT2D eigenvalue weighted by Crippen LogP contribution is 2.42. The number of nitrogens with zero attached hydrogens (tertiary/aromatic N) is 2. The fourth-order valence-electron chi connectivity index (χ4n) is 3.34. The lowest BCUT2D eigenvalue weighted by molar-refractivity contribution is -0.0983. The molecule has 0 amide bonds. The predicted octanol–water partition coefficient (Wildman–Crippen LogP) is 2.67. The molecule has 108 valence electrons. The molecule has 1 N–H and O–H groups in total. The Morgan fingerprint density at radius 2 is 2.21 bits per heavy atom. The molecule has 0 radical (unpaired) electrons. The molecular weight excluding hydrogens is 238 g/mol. The molecule has 2 rings (SSSR count). The lowest BCUT2D eigenvalue weighted by atomic mass is 9.75. The summed E-state index contributed by atoms with van der Waals surface area (Å²) < 4.78 is 8.33. The average molecular weight is 265 g/mol. The maximum atomic E-state index is 6.23. The van der Waals surface area contributed by atoms with E-state index in [1.54, 1.807) is 0 Å². The highest BCUT2D eigenvalue weighted by Gasteiger charge is 2.43. The van der Waals surface area contributed by atoms with E-state index in [1.807, 2.05) is 19.4 Å². The van der Waals surface area contributed by atoms with Crippen molar-refractivity contribution in [1.29, 1.82) is 0 Å². The number of likely N-dealkylation sites (N-methyl/N-ethyl adjacent to an activating group) is 1. The van der Waals surface area contributed by atoms with Gasteiger partial charge in [0.25, 0.3) is 0 Å². The van der Waals surface area contributed by atoms with Crippen molar-refractivity contribution in [3.8, 4) is 0 Å². The molecule has 0 bridgehead atoms. The zero-order valence-electron chi connectivity index (χ0n) is 12.6. The largest absolute Gasteiger partial charge is 0.373 e. The van der Waals surface area contributed by atoms with E-state index >= 15 is 0 Å². The van der Waals surface area contributed by atoms with Crippen molar-refractivity contribution in [2.45, 2.75) is 51.2 Å². The van der Waals surface area contributed by atoms with E-state index in [-0.39, 0.29) is 11.6 Å². The summed E-state index contributed by atoms with van der Waals surface area (Å²) in [6.45, 7) is 5.19. The number of nitrogens with one attached hydrogen (secondary N) is 1. The normalized spacial score (nSPS) is 29.4. The zero-order valence-corrected chi connectivity index (χ0v) is 12.6. The summed E-state index contributed by atoms with van der Waals surface area (Å²) in [5, 5.41) is 3.45. The third kappa shape index (κ3) is 2.84. The summed E-state index contributed by atoms with van der Waals surface area (Å²) in [5.74, 6) is 1.89. The van der Waals surface area contributed by atoms with Crippen molar-refractivity contribution < 1.29 is 4.74 Å². The van der Waals surface area contributed by atoms with Crippen LogP contribution in [0.4, 0.5) is 0 Å². The minimum atomic E-state index is -0.102. The van der Waals surface area contributed by atoms with Gasteiger partial charge in [0, 0.05) is 26.0 Å². The van der Waals surface area contributed by atoms with Gasteiger partial charge in [0.2, 0.25) is 0 Å². The first kappa shape index (κ1) is 14.5. The number of aromatic nitrogens is 2. The molecule has 0 aliphatic heterocycles.